The molecular weight excluding hydrogens is 186 g/mol. The normalized spacial score (nSPS) is 24.2. The van der Waals surface area contributed by atoms with E-state index in [0.717, 1.165) is 24.0 Å². The molecule has 0 aromatic carbocycles. The van der Waals surface area contributed by atoms with E-state index in [2.05, 4.69) is 11.1 Å². The Morgan fingerprint density at radius 3 is 2.87 bits per heavy atom. The molecule has 0 radical (unpaired) electrons. The molecule has 1 saturated carbocycles. The van der Waals surface area contributed by atoms with Crippen LogP contribution >= 0.6 is 0 Å². The number of rotatable bonds is 3. The van der Waals surface area contributed by atoms with E-state index < -0.39 is 0 Å². The van der Waals surface area contributed by atoms with E-state index in [1.165, 1.54) is 36.8 Å². The van der Waals surface area contributed by atoms with Gasteiger partial charge in [-0.15, -0.1) is 0 Å². The lowest BCUT2D eigenvalue weighted by Crippen LogP contribution is -2.01. The molecule has 0 unspecified atom stereocenters. The fraction of sp³-hybridized carbons (Fsp3) is 0.615. The highest BCUT2D eigenvalue weighted by atomic mass is 16.3. The van der Waals surface area contributed by atoms with Crippen molar-refractivity contribution in [3.63, 3.8) is 0 Å². The smallest absolute Gasteiger partial charge is 0.0855 e. The number of aliphatic hydroxyl groups excluding tert-OH is 1. The molecule has 1 N–H and O–H groups in total. The molecule has 0 saturated heterocycles. The van der Waals surface area contributed by atoms with E-state index in [1.54, 1.807) is 0 Å². The van der Waals surface area contributed by atoms with Crippen LogP contribution in [0.3, 0.4) is 0 Å². The lowest BCUT2D eigenvalue weighted by atomic mass is 9.99. The van der Waals surface area contributed by atoms with Crippen molar-refractivity contribution in [2.45, 2.75) is 38.7 Å². The number of aromatic nitrogens is 1. The van der Waals surface area contributed by atoms with Gasteiger partial charge in [-0.25, -0.2) is 0 Å². The van der Waals surface area contributed by atoms with E-state index in [-0.39, 0.29) is 6.61 Å². The summed E-state index contributed by atoms with van der Waals surface area (Å²) in [5.41, 5.74) is 3.68. The Labute approximate surface area is 90.4 Å². The molecule has 2 nitrogen and oxygen atoms in total. The summed E-state index contributed by atoms with van der Waals surface area (Å²) >= 11 is 0. The second kappa shape index (κ2) is 3.60. The number of fused-ring (bicyclic) bond motifs is 1. The second-order valence-electron chi connectivity index (χ2n) is 5.01. The third-order valence-corrected chi connectivity index (χ3v) is 3.76. The monoisotopic (exact) mass is 203 g/mol. The molecule has 2 heteroatoms. The van der Waals surface area contributed by atoms with Crippen LogP contribution in [-0.2, 0) is 19.4 Å². The van der Waals surface area contributed by atoms with Gasteiger partial charge in [0.05, 0.1) is 12.3 Å². The maximum absolute atomic E-state index is 9.22. The van der Waals surface area contributed by atoms with Gasteiger partial charge in [0.15, 0.2) is 0 Å². The Hall–Kier alpha value is -0.890. The first-order chi connectivity index (χ1) is 7.36. The van der Waals surface area contributed by atoms with Crippen LogP contribution in [0.25, 0.3) is 0 Å². The standard InChI is InChI=1S/C13H17NO/c15-8-13-12-7-10(5-9-1-2-9)6-11(12)3-4-14-13/h3-4,9-10,15H,1-2,5-8H2/t10-/m0/s1. The molecule has 0 amide bonds. The fourth-order valence-electron chi connectivity index (χ4n) is 2.82. The summed E-state index contributed by atoms with van der Waals surface area (Å²) in [6.45, 7) is 0.0965. The molecule has 3 rings (SSSR count). The maximum atomic E-state index is 9.22. The molecule has 1 aromatic heterocycles. The van der Waals surface area contributed by atoms with Gasteiger partial charge in [-0.2, -0.15) is 0 Å². The van der Waals surface area contributed by atoms with Crippen LogP contribution in [0, 0.1) is 11.8 Å². The van der Waals surface area contributed by atoms with Gasteiger partial charge in [0.2, 0.25) is 0 Å². The minimum atomic E-state index is 0.0965. The summed E-state index contributed by atoms with van der Waals surface area (Å²) in [5.74, 6) is 1.83. The third kappa shape index (κ3) is 1.78. The SMILES string of the molecule is OCc1nccc2c1C[C@@H](CC1CC1)C2. The van der Waals surface area contributed by atoms with Crippen molar-refractivity contribution in [1.29, 1.82) is 0 Å². The quantitative estimate of drug-likeness (QED) is 0.816. The third-order valence-electron chi connectivity index (χ3n) is 3.76. The molecule has 15 heavy (non-hydrogen) atoms. The molecule has 0 bridgehead atoms. The molecule has 1 heterocycles. The number of hydrogen-bond acceptors (Lipinski definition) is 2. The molecular formula is C13H17NO. The summed E-state index contributed by atoms with van der Waals surface area (Å²) < 4.78 is 0. The average Bonchev–Trinajstić information content (AvgIpc) is 2.95. The second-order valence-corrected chi connectivity index (χ2v) is 5.01. The number of hydrogen-bond donors (Lipinski definition) is 1. The van der Waals surface area contributed by atoms with Crippen LogP contribution in [0.5, 0.6) is 0 Å². The van der Waals surface area contributed by atoms with Crippen molar-refractivity contribution in [2.75, 3.05) is 0 Å². The highest BCUT2D eigenvalue weighted by molar-refractivity contribution is 5.34. The Morgan fingerprint density at radius 1 is 1.27 bits per heavy atom. The predicted octanol–water partition coefficient (Wildman–Crippen LogP) is 2.09. The first kappa shape index (κ1) is 9.34. The lowest BCUT2D eigenvalue weighted by Gasteiger charge is -2.06. The molecule has 0 spiro atoms. The molecule has 80 valence electrons. The van der Waals surface area contributed by atoms with Gasteiger partial charge in [-0.3, -0.25) is 4.98 Å². The van der Waals surface area contributed by atoms with Crippen molar-refractivity contribution < 1.29 is 5.11 Å². The summed E-state index contributed by atoms with van der Waals surface area (Å²) in [4.78, 5) is 4.25. The number of aliphatic hydroxyl groups is 1. The molecule has 2 aliphatic rings. The Balaban J connectivity index is 1.79. The van der Waals surface area contributed by atoms with Crippen molar-refractivity contribution >= 4 is 0 Å². The zero-order valence-corrected chi connectivity index (χ0v) is 8.95. The van der Waals surface area contributed by atoms with E-state index in [4.69, 9.17) is 0 Å². The summed E-state index contributed by atoms with van der Waals surface area (Å²) in [7, 11) is 0. The zero-order valence-electron chi connectivity index (χ0n) is 8.95. The van der Waals surface area contributed by atoms with Crippen molar-refractivity contribution in [3.05, 3.63) is 29.1 Å². The van der Waals surface area contributed by atoms with Crippen LogP contribution in [0.2, 0.25) is 0 Å². The van der Waals surface area contributed by atoms with Gasteiger partial charge in [0.1, 0.15) is 0 Å². The van der Waals surface area contributed by atoms with Crippen molar-refractivity contribution in [3.8, 4) is 0 Å². The highest BCUT2D eigenvalue weighted by Gasteiger charge is 2.30. The molecule has 0 aliphatic heterocycles. The average molecular weight is 203 g/mol. The Kier molecular flexibility index (Phi) is 2.24. The first-order valence-electron chi connectivity index (χ1n) is 5.93. The maximum Gasteiger partial charge on any atom is 0.0855 e. The molecule has 1 aromatic rings. The van der Waals surface area contributed by atoms with Crippen LogP contribution in [0.4, 0.5) is 0 Å². The first-order valence-corrected chi connectivity index (χ1v) is 5.93. The van der Waals surface area contributed by atoms with Crippen molar-refractivity contribution in [2.24, 2.45) is 11.8 Å². The van der Waals surface area contributed by atoms with Crippen LogP contribution in [-0.4, -0.2) is 10.1 Å². The highest BCUT2D eigenvalue weighted by Crippen LogP contribution is 2.40. The van der Waals surface area contributed by atoms with E-state index >= 15 is 0 Å². The van der Waals surface area contributed by atoms with Gasteiger partial charge in [-0.05, 0) is 48.3 Å². The van der Waals surface area contributed by atoms with Gasteiger partial charge in [0.25, 0.3) is 0 Å². The number of pyridine rings is 1. The van der Waals surface area contributed by atoms with Crippen LogP contribution in [0.15, 0.2) is 12.3 Å². The Bertz CT molecular complexity index is 371. The van der Waals surface area contributed by atoms with E-state index in [9.17, 15) is 5.11 Å². The van der Waals surface area contributed by atoms with Crippen LogP contribution in [0.1, 0.15) is 36.1 Å². The molecule has 1 fully saturated rings. The summed E-state index contributed by atoms with van der Waals surface area (Å²) in [6.07, 6.45) is 8.47. The minimum absolute atomic E-state index is 0.0965. The topological polar surface area (TPSA) is 33.1 Å². The predicted molar refractivity (Wildman–Crippen MR) is 58.4 cm³/mol. The van der Waals surface area contributed by atoms with E-state index in [0.29, 0.717) is 0 Å². The van der Waals surface area contributed by atoms with Gasteiger partial charge in [-0.1, -0.05) is 12.8 Å². The largest absolute Gasteiger partial charge is 0.390 e. The fourth-order valence-corrected chi connectivity index (χ4v) is 2.82. The molecule has 2 aliphatic carbocycles. The zero-order chi connectivity index (χ0) is 10.3. The number of nitrogens with zero attached hydrogens (tertiary/aromatic N) is 1. The van der Waals surface area contributed by atoms with Gasteiger partial charge < -0.3 is 5.11 Å². The van der Waals surface area contributed by atoms with Crippen molar-refractivity contribution in [1.82, 2.24) is 4.98 Å². The van der Waals surface area contributed by atoms with Crippen LogP contribution < -0.4 is 0 Å². The van der Waals surface area contributed by atoms with E-state index in [1.807, 2.05) is 6.20 Å². The Morgan fingerprint density at radius 2 is 2.13 bits per heavy atom. The lowest BCUT2D eigenvalue weighted by molar-refractivity contribution is 0.275. The minimum Gasteiger partial charge on any atom is -0.390 e. The van der Waals surface area contributed by atoms with Gasteiger partial charge >= 0.3 is 0 Å². The summed E-state index contributed by atoms with van der Waals surface area (Å²) in [6, 6.07) is 2.13. The van der Waals surface area contributed by atoms with Gasteiger partial charge in [0, 0.05) is 6.20 Å². The molecule has 1 atom stereocenters. The summed E-state index contributed by atoms with van der Waals surface area (Å²) in [5, 5.41) is 9.22.